The molecule has 0 heterocycles. The van der Waals surface area contributed by atoms with Gasteiger partial charge in [-0.1, -0.05) is 12.5 Å². The molecule has 1 saturated carbocycles. The molecule has 20 heavy (non-hydrogen) atoms. The van der Waals surface area contributed by atoms with Crippen LogP contribution in [0.1, 0.15) is 42.4 Å². The summed E-state index contributed by atoms with van der Waals surface area (Å²) in [5.74, 6) is 0.216. The minimum atomic E-state index is -4.51. The number of hydrogen-bond donors (Lipinski definition) is 1. The summed E-state index contributed by atoms with van der Waals surface area (Å²) in [4.78, 5) is 0. The molecule has 1 aromatic rings. The number of hydrogen-bond acceptors (Lipinski definition) is 2. The van der Waals surface area contributed by atoms with E-state index in [0.29, 0.717) is 18.4 Å². The van der Waals surface area contributed by atoms with E-state index in [1.165, 1.54) is 6.07 Å². The Morgan fingerprint density at radius 3 is 2.65 bits per heavy atom. The number of rotatable bonds is 2. The summed E-state index contributed by atoms with van der Waals surface area (Å²) < 4.78 is 38.6. The van der Waals surface area contributed by atoms with Crippen molar-refractivity contribution >= 4 is 0 Å². The fourth-order valence-corrected chi connectivity index (χ4v) is 2.83. The quantitative estimate of drug-likeness (QED) is 0.900. The highest BCUT2D eigenvalue weighted by Crippen LogP contribution is 2.34. The molecule has 0 bridgehead atoms. The molecule has 0 spiro atoms. The van der Waals surface area contributed by atoms with Crippen molar-refractivity contribution in [2.45, 2.75) is 44.4 Å². The molecule has 1 aliphatic rings. The fraction of sp³-hybridized carbons (Fsp3) is 0.533. The highest BCUT2D eigenvalue weighted by atomic mass is 19.4. The smallest absolute Gasteiger partial charge is 0.393 e. The zero-order chi connectivity index (χ0) is 14.8. The molecular weight excluding hydrogens is 267 g/mol. The van der Waals surface area contributed by atoms with Crippen LogP contribution < -0.4 is 0 Å². The maximum atomic E-state index is 12.9. The zero-order valence-electron chi connectivity index (χ0n) is 11.0. The molecule has 1 N–H and O–H groups in total. The Bertz CT molecular complexity index is 519. The van der Waals surface area contributed by atoms with Crippen LogP contribution in [0.5, 0.6) is 0 Å². The summed E-state index contributed by atoms with van der Waals surface area (Å²) in [6, 6.07) is 5.46. The first kappa shape index (κ1) is 14.9. The van der Waals surface area contributed by atoms with Crippen LogP contribution in [-0.2, 0) is 12.6 Å². The number of aliphatic hydroxyl groups excluding tert-OH is 1. The first-order valence-corrected chi connectivity index (χ1v) is 6.68. The van der Waals surface area contributed by atoms with Crippen molar-refractivity contribution < 1.29 is 18.3 Å². The third-order valence-electron chi connectivity index (χ3n) is 3.79. The fourth-order valence-electron chi connectivity index (χ4n) is 2.83. The Morgan fingerprint density at radius 1 is 1.30 bits per heavy atom. The number of aliphatic hydroxyl groups is 1. The van der Waals surface area contributed by atoms with Gasteiger partial charge in [0.15, 0.2) is 0 Å². The predicted octanol–water partition coefficient (Wildman–Crippen LogP) is 3.67. The van der Waals surface area contributed by atoms with Gasteiger partial charge in [-0.2, -0.15) is 18.4 Å². The van der Waals surface area contributed by atoms with E-state index < -0.39 is 11.7 Å². The first-order chi connectivity index (χ1) is 9.40. The largest absolute Gasteiger partial charge is 0.417 e. The number of alkyl halides is 3. The van der Waals surface area contributed by atoms with Crippen LogP contribution in [0.3, 0.4) is 0 Å². The first-order valence-electron chi connectivity index (χ1n) is 6.68. The topological polar surface area (TPSA) is 44.0 Å². The van der Waals surface area contributed by atoms with E-state index in [0.717, 1.165) is 25.3 Å². The van der Waals surface area contributed by atoms with Gasteiger partial charge in [0.2, 0.25) is 0 Å². The summed E-state index contributed by atoms with van der Waals surface area (Å²) in [5.41, 5.74) is -0.630. The van der Waals surface area contributed by atoms with Gasteiger partial charge in [-0.05, 0) is 49.3 Å². The van der Waals surface area contributed by atoms with E-state index in [2.05, 4.69) is 0 Å². The number of halogens is 3. The second-order valence-corrected chi connectivity index (χ2v) is 5.38. The van der Waals surface area contributed by atoms with Crippen LogP contribution in [0.2, 0.25) is 0 Å². The van der Waals surface area contributed by atoms with Crippen molar-refractivity contribution in [3.8, 4) is 6.07 Å². The molecule has 2 rings (SSSR count). The second-order valence-electron chi connectivity index (χ2n) is 5.38. The van der Waals surface area contributed by atoms with E-state index in [1.54, 1.807) is 12.1 Å². The van der Waals surface area contributed by atoms with Crippen molar-refractivity contribution in [1.82, 2.24) is 0 Å². The summed E-state index contributed by atoms with van der Waals surface area (Å²) in [5, 5.41) is 18.3. The maximum Gasteiger partial charge on any atom is 0.417 e. The van der Waals surface area contributed by atoms with Gasteiger partial charge < -0.3 is 5.11 Å². The van der Waals surface area contributed by atoms with Gasteiger partial charge in [0, 0.05) is 0 Å². The minimum Gasteiger partial charge on any atom is -0.393 e. The standard InChI is InChI=1S/C15H16F3NO/c16-15(17,18)14-8-11(4-5-12(14)9-19)6-10-2-1-3-13(20)7-10/h4-5,8,10,13,20H,1-3,6-7H2. The van der Waals surface area contributed by atoms with Crippen LogP contribution in [0, 0.1) is 17.2 Å². The highest BCUT2D eigenvalue weighted by molar-refractivity contribution is 5.42. The lowest BCUT2D eigenvalue weighted by Gasteiger charge is -2.26. The van der Waals surface area contributed by atoms with Crippen LogP contribution in [0.4, 0.5) is 13.2 Å². The average molecular weight is 283 g/mol. The van der Waals surface area contributed by atoms with Crippen molar-refractivity contribution in [3.05, 3.63) is 34.9 Å². The van der Waals surface area contributed by atoms with Gasteiger partial charge in [0.05, 0.1) is 23.3 Å². The van der Waals surface area contributed by atoms with Gasteiger partial charge in [0.1, 0.15) is 0 Å². The summed E-state index contributed by atoms with van der Waals surface area (Å²) >= 11 is 0. The van der Waals surface area contributed by atoms with Gasteiger partial charge in [0.25, 0.3) is 0 Å². The summed E-state index contributed by atoms with van der Waals surface area (Å²) in [6.45, 7) is 0. The van der Waals surface area contributed by atoms with Gasteiger partial charge in [-0.15, -0.1) is 0 Å². The lowest BCUT2D eigenvalue weighted by atomic mass is 9.83. The van der Waals surface area contributed by atoms with Crippen LogP contribution >= 0.6 is 0 Å². The van der Waals surface area contributed by atoms with Crippen molar-refractivity contribution in [1.29, 1.82) is 5.26 Å². The van der Waals surface area contributed by atoms with Crippen LogP contribution in [0.15, 0.2) is 18.2 Å². The molecule has 2 unspecified atom stereocenters. The summed E-state index contributed by atoms with van der Waals surface area (Å²) in [6.07, 6.45) is -1.07. The van der Waals surface area contributed by atoms with Gasteiger partial charge in [-0.25, -0.2) is 0 Å². The number of benzene rings is 1. The summed E-state index contributed by atoms with van der Waals surface area (Å²) in [7, 11) is 0. The SMILES string of the molecule is N#Cc1ccc(CC2CCCC(O)C2)cc1C(F)(F)F. The number of nitrogens with zero attached hydrogens (tertiary/aromatic N) is 1. The van der Waals surface area contributed by atoms with Crippen molar-refractivity contribution in [2.75, 3.05) is 0 Å². The van der Waals surface area contributed by atoms with Crippen molar-refractivity contribution in [2.24, 2.45) is 5.92 Å². The third-order valence-corrected chi connectivity index (χ3v) is 3.79. The van der Waals surface area contributed by atoms with Crippen molar-refractivity contribution in [3.63, 3.8) is 0 Å². The zero-order valence-corrected chi connectivity index (χ0v) is 11.0. The molecular formula is C15H16F3NO. The molecule has 0 aliphatic heterocycles. The highest BCUT2D eigenvalue weighted by Gasteiger charge is 2.34. The molecule has 0 radical (unpaired) electrons. The predicted molar refractivity (Wildman–Crippen MR) is 67.8 cm³/mol. The lowest BCUT2D eigenvalue weighted by Crippen LogP contribution is -2.21. The Morgan fingerprint density at radius 2 is 2.05 bits per heavy atom. The van der Waals surface area contributed by atoms with E-state index in [4.69, 9.17) is 5.26 Å². The molecule has 1 aliphatic carbocycles. The van der Waals surface area contributed by atoms with Crippen LogP contribution in [-0.4, -0.2) is 11.2 Å². The molecule has 2 atom stereocenters. The molecule has 2 nitrogen and oxygen atoms in total. The second kappa shape index (κ2) is 5.84. The normalized spacial score (nSPS) is 23.4. The lowest BCUT2D eigenvalue weighted by molar-refractivity contribution is -0.137. The minimum absolute atomic E-state index is 0.216. The maximum absolute atomic E-state index is 12.9. The van der Waals surface area contributed by atoms with E-state index >= 15 is 0 Å². The molecule has 0 aromatic heterocycles. The molecule has 0 saturated heterocycles. The molecule has 5 heteroatoms. The van der Waals surface area contributed by atoms with Gasteiger partial charge in [-0.3, -0.25) is 0 Å². The molecule has 0 amide bonds. The van der Waals surface area contributed by atoms with E-state index in [-0.39, 0.29) is 17.6 Å². The molecule has 1 aromatic carbocycles. The Hall–Kier alpha value is -1.54. The van der Waals surface area contributed by atoms with E-state index in [9.17, 15) is 18.3 Å². The Labute approximate surface area is 115 Å². The average Bonchev–Trinajstić information content (AvgIpc) is 2.37. The van der Waals surface area contributed by atoms with E-state index in [1.807, 2.05) is 0 Å². The monoisotopic (exact) mass is 283 g/mol. The van der Waals surface area contributed by atoms with Gasteiger partial charge >= 0.3 is 6.18 Å². The molecule has 108 valence electrons. The Kier molecular flexibility index (Phi) is 4.34. The Balaban J connectivity index is 2.19. The number of nitriles is 1. The third kappa shape index (κ3) is 3.51. The van der Waals surface area contributed by atoms with Crippen LogP contribution in [0.25, 0.3) is 0 Å². The molecule has 1 fully saturated rings.